The zero-order chi connectivity index (χ0) is 20.6. The summed E-state index contributed by atoms with van der Waals surface area (Å²) >= 11 is 0. The third kappa shape index (κ3) is 3.78. The molecule has 0 unspecified atom stereocenters. The van der Waals surface area contributed by atoms with Gasteiger partial charge in [-0.3, -0.25) is 4.79 Å². The van der Waals surface area contributed by atoms with Gasteiger partial charge >= 0.3 is 5.97 Å². The number of carbonyl (C=O) groups is 2. The van der Waals surface area contributed by atoms with Gasteiger partial charge in [-0.1, -0.05) is 27.7 Å². The minimum absolute atomic E-state index is 0.0641. The van der Waals surface area contributed by atoms with E-state index < -0.39 is 11.0 Å². The molecule has 26 heavy (non-hydrogen) atoms. The van der Waals surface area contributed by atoms with Crippen molar-refractivity contribution in [3.05, 3.63) is 0 Å². The van der Waals surface area contributed by atoms with E-state index in [0.29, 0.717) is 19.4 Å². The van der Waals surface area contributed by atoms with E-state index in [-0.39, 0.29) is 23.0 Å². The van der Waals surface area contributed by atoms with Gasteiger partial charge in [0.25, 0.3) is 0 Å². The Labute approximate surface area is 160 Å². The number of hydrogen-bond acceptors (Lipinski definition) is 4. The maximum absolute atomic E-state index is 13.6. The van der Waals surface area contributed by atoms with Crippen LogP contribution < -0.4 is 0 Å². The highest BCUT2D eigenvalue weighted by Crippen LogP contribution is 2.44. The molecule has 5 heteroatoms. The van der Waals surface area contributed by atoms with E-state index in [4.69, 9.17) is 4.84 Å². The average molecular weight is 369 g/mol. The van der Waals surface area contributed by atoms with Gasteiger partial charge < -0.3 is 9.74 Å². The van der Waals surface area contributed by atoms with Crippen molar-refractivity contribution in [2.45, 2.75) is 112 Å². The number of carbonyl (C=O) groups excluding carboxylic acids is 2. The van der Waals surface area contributed by atoms with Crippen LogP contribution in [0.15, 0.2) is 0 Å². The first-order valence-corrected chi connectivity index (χ1v) is 10.1. The molecule has 0 N–H and O–H groups in total. The highest BCUT2D eigenvalue weighted by Gasteiger charge is 2.60. The summed E-state index contributed by atoms with van der Waals surface area (Å²) in [5.74, 6) is -0.221. The lowest BCUT2D eigenvalue weighted by molar-refractivity contribution is -0.289. The van der Waals surface area contributed by atoms with Crippen molar-refractivity contribution in [2.24, 2.45) is 5.41 Å². The third-order valence-corrected chi connectivity index (χ3v) is 6.00. The standard InChI is InChI=1S/C21H40N2O3/c1-11-20(12-2)15-22(19(8,9)10)16(24)21(13-3,14-4)23(20)26-17(25)18(5,6)7/h11-15H2,1-10H3. The molecule has 152 valence electrons. The summed E-state index contributed by atoms with van der Waals surface area (Å²) in [7, 11) is 0. The second-order valence-electron chi connectivity index (χ2n) is 9.66. The molecule has 0 radical (unpaired) electrons. The van der Waals surface area contributed by atoms with Gasteiger partial charge in [0, 0.05) is 12.1 Å². The van der Waals surface area contributed by atoms with Crippen molar-refractivity contribution >= 4 is 11.9 Å². The quantitative estimate of drug-likeness (QED) is 0.714. The molecule has 1 aliphatic heterocycles. The lowest BCUT2D eigenvalue weighted by Gasteiger charge is -2.60. The molecule has 1 aliphatic rings. The van der Waals surface area contributed by atoms with Gasteiger partial charge in [-0.15, -0.1) is 5.06 Å². The first kappa shape index (κ1) is 22.9. The van der Waals surface area contributed by atoms with Crippen molar-refractivity contribution in [1.29, 1.82) is 0 Å². The van der Waals surface area contributed by atoms with Gasteiger partial charge in [0.05, 0.1) is 11.0 Å². The van der Waals surface area contributed by atoms with Crippen LogP contribution in [0.3, 0.4) is 0 Å². The van der Waals surface area contributed by atoms with Crippen molar-refractivity contribution in [1.82, 2.24) is 9.96 Å². The first-order chi connectivity index (χ1) is 11.8. The van der Waals surface area contributed by atoms with E-state index in [2.05, 4.69) is 34.6 Å². The topological polar surface area (TPSA) is 49.9 Å². The van der Waals surface area contributed by atoms with Gasteiger partial charge in [-0.05, 0) is 67.2 Å². The Balaban J connectivity index is 3.58. The predicted molar refractivity (Wildman–Crippen MR) is 105 cm³/mol. The summed E-state index contributed by atoms with van der Waals surface area (Å²) in [5, 5.41) is 1.80. The fourth-order valence-corrected chi connectivity index (χ4v) is 3.77. The Kier molecular flexibility index (Phi) is 6.61. The Hall–Kier alpha value is -1.10. The van der Waals surface area contributed by atoms with Crippen molar-refractivity contribution in [3.8, 4) is 0 Å². The van der Waals surface area contributed by atoms with E-state index in [0.717, 1.165) is 12.8 Å². The third-order valence-electron chi connectivity index (χ3n) is 6.00. The molecule has 1 saturated heterocycles. The zero-order valence-corrected chi connectivity index (χ0v) is 18.7. The largest absolute Gasteiger partial charge is 0.366 e. The smallest absolute Gasteiger partial charge is 0.330 e. The molecule has 0 atom stereocenters. The molecule has 0 aromatic heterocycles. The van der Waals surface area contributed by atoms with Crippen LogP contribution in [0.4, 0.5) is 0 Å². The molecule has 0 saturated carbocycles. The van der Waals surface area contributed by atoms with Crippen LogP contribution in [0.2, 0.25) is 0 Å². The van der Waals surface area contributed by atoms with Crippen molar-refractivity contribution < 1.29 is 14.4 Å². The highest BCUT2D eigenvalue weighted by atomic mass is 16.7. The molecule has 0 spiro atoms. The lowest BCUT2D eigenvalue weighted by Crippen LogP contribution is -2.76. The van der Waals surface area contributed by atoms with Crippen molar-refractivity contribution in [2.75, 3.05) is 6.54 Å². The Morgan fingerprint density at radius 1 is 0.962 bits per heavy atom. The molecule has 0 bridgehead atoms. The molecule has 1 fully saturated rings. The normalized spacial score (nSPS) is 21.0. The fraction of sp³-hybridized carbons (Fsp3) is 0.905. The first-order valence-electron chi connectivity index (χ1n) is 10.1. The van der Waals surface area contributed by atoms with E-state index in [1.807, 2.05) is 39.5 Å². The van der Waals surface area contributed by atoms with E-state index in [1.54, 1.807) is 5.06 Å². The molecule has 1 amide bonds. The maximum Gasteiger partial charge on any atom is 0.330 e. The predicted octanol–water partition coefficient (Wildman–Crippen LogP) is 4.55. The minimum atomic E-state index is -0.821. The van der Waals surface area contributed by atoms with E-state index in [9.17, 15) is 9.59 Å². The lowest BCUT2D eigenvalue weighted by atomic mass is 9.77. The van der Waals surface area contributed by atoms with Crippen molar-refractivity contribution in [3.63, 3.8) is 0 Å². The van der Waals surface area contributed by atoms with Gasteiger partial charge in [-0.2, -0.15) is 0 Å². The SMILES string of the molecule is CCC1(CC)CN(C(C)(C)C)C(=O)C(CC)(CC)N1OC(=O)C(C)(C)C. The summed E-state index contributed by atoms with van der Waals surface area (Å²) in [6.07, 6.45) is 2.83. The zero-order valence-electron chi connectivity index (χ0n) is 18.7. The van der Waals surface area contributed by atoms with Crippen LogP contribution in [-0.4, -0.2) is 45.0 Å². The summed E-state index contributed by atoms with van der Waals surface area (Å²) < 4.78 is 0. The second-order valence-corrected chi connectivity index (χ2v) is 9.66. The van der Waals surface area contributed by atoms with Gasteiger partial charge in [0.2, 0.25) is 5.91 Å². The van der Waals surface area contributed by atoms with Crippen LogP contribution in [0.25, 0.3) is 0 Å². The van der Waals surface area contributed by atoms with Crippen LogP contribution in [0.1, 0.15) is 94.9 Å². The molecule has 5 nitrogen and oxygen atoms in total. The molecular formula is C21H40N2O3. The Bertz CT molecular complexity index is 520. The number of hydroxylamine groups is 2. The van der Waals surface area contributed by atoms with Gasteiger partial charge in [0.1, 0.15) is 5.54 Å². The Morgan fingerprint density at radius 3 is 1.73 bits per heavy atom. The highest BCUT2D eigenvalue weighted by molar-refractivity contribution is 5.88. The summed E-state index contributed by atoms with van der Waals surface area (Å²) in [5.41, 5.74) is -2.10. The Morgan fingerprint density at radius 2 is 1.42 bits per heavy atom. The molecule has 0 aromatic rings. The summed E-state index contributed by atoms with van der Waals surface area (Å²) in [6, 6.07) is 0. The number of rotatable bonds is 5. The molecule has 0 aliphatic carbocycles. The van der Waals surface area contributed by atoms with Gasteiger partial charge in [0.15, 0.2) is 0 Å². The number of piperazine rings is 1. The summed E-state index contributed by atoms with van der Waals surface area (Å²) in [6.45, 7) is 20.6. The number of amides is 1. The second kappa shape index (κ2) is 7.49. The molecule has 1 rings (SSSR count). The van der Waals surface area contributed by atoms with E-state index >= 15 is 0 Å². The maximum atomic E-state index is 13.6. The summed E-state index contributed by atoms with van der Waals surface area (Å²) in [4.78, 5) is 34.4. The molecule has 0 aromatic carbocycles. The van der Waals surface area contributed by atoms with Gasteiger partial charge in [-0.25, -0.2) is 4.79 Å². The van der Waals surface area contributed by atoms with Crippen LogP contribution in [0.5, 0.6) is 0 Å². The monoisotopic (exact) mass is 368 g/mol. The van der Waals surface area contributed by atoms with Crippen LogP contribution in [0, 0.1) is 5.41 Å². The van der Waals surface area contributed by atoms with Crippen LogP contribution in [-0.2, 0) is 14.4 Å². The molecular weight excluding hydrogens is 328 g/mol. The average Bonchev–Trinajstić information content (AvgIpc) is 2.54. The molecule has 1 heterocycles. The van der Waals surface area contributed by atoms with E-state index in [1.165, 1.54) is 0 Å². The fourth-order valence-electron chi connectivity index (χ4n) is 3.77. The number of nitrogens with zero attached hydrogens (tertiary/aromatic N) is 2. The number of hydrogen-bond donors (Lipinski definition) is 0. The minimum Gasteiger partial charge on any atom is -0.366 e. The van der Waals surface area contributed by atoms with Crippen LogP contribution >= 0.6 is 0 Å².